The van der Waals surface area contributed by atoms with Gasteiger partial charge in [0.1, 0.15) is 0 Å². The molecule has 0 saturated carbocycles. The predicted molar refractivity (Wildman–Crippen MR) is 92.0 cm³/mol. The molecule has 3 N–H and O–H groups in total. The lowest BCUT2D eigenvalue weighted by atomic mass is 10.2. The molecule has 0 atom stereocenters. The zero-order valence-corrected chi connectivity index (χ0v) is 13.7. The molecule has 0 unspecified atom stereocenters. The Morgan fingerprint density at radius 2 is 1.70 bits per heavy atom. The molecule has 0 heterocycles. The highest BCUT2D eigenvalue weighted by atomic mass is 35.5. The Bertz CT molecular complexity index is 675. The first kappa shape index (κ1) is 17.2. The van der Waals surface area contributed by atoms with Gasteiger partial charge in [-0.3, -0.25) is 15.6 Å². The molecule has 0 radical (unpaired) electrons. The van der Waals surface area contributed by atoms with Crippen LogP contribution in [0.4, 0.5) is 5.69 Å². The third-order valence-electron chi connectivity index (χ3n) is 2.89. The number of nitrogens with one attached hydrogen (secondary N) is 2. The molecule has 5 nitrogen and oxygen atoms in total. The summed E-state index contributed by atoms with van der Waals surface area (Å²) in [5.41, 5.74) is 6.13. The van der Waals surface area contributed by atoms with Crippen molar-refractivity contribution >= 4 is 40.9 Å². The van der Waals surface area contributed by atoms with Crippen LogP contribution >= 0.6 is 23.4 Å². The summed E-state index contributed by atoms with van der Waals surface area (Å²) in [5, 5.41) is 9.49. The largest absolute Gasteiger partial charge is 0.478 e. The second kappa shape index (κ2) is 8.45. The molecule has 0 aliphatic heterocycles. The first-order valence-electron chi connectivity index (χ1n) is 6.81. The number of amides is 1. The van der Waals surface area contributed by atoms with E-state index in [1.807, 2.05) is 24.3 Å². The molecule has 2 aromatic carbocycles. The number of hydrazine groups is 1. The molecule has 0 spiro atoms. The van der Waals surface area contributed by atoms with E-state index < -0.39 is 5.97 Å². The number of hydrogen-bond donors (Lipinski definition) is 3. The second-order valence-corrected chi connectivity index (χ2v) is 6.21. The topological polar surface area (TPSA) is 78.4 Å². The number of carbonyl (C=O) groups is 2. The van der Waals surface area contributed by atoms with Crippen molar-refractivity contribution in [1.29, 1.82) is 0 Å². The Labute approximate surface area is 143 Å². The summed E-state index contributed by atoms with van der Waals surface area (Å²) < 4.78 is 0. The number of rotatable bonds is 7. The van der Waals surface area contributed by atoms with Crippen molar-refractivity contribution in [1.82, 2.24) is 5.43 Å². The molecule has 0 bridgehead atoms. The van der Waals surface area contributed by atoms with Crippen molar-refractivity contribution in [3.63, 3.8) is 0 Å². The van der Waals surface area contributed by atoms with Crippen molar-refractivity contribution < 1.29 is 14.7 Å². The molecule has 120 valence electrons. The maximum atomic E-state index is 11.7. The third kappa shape index (κ3) is 5.84. The molecule has 1 amide bonds. The van der Waals surface area contributed by atoms with Crippen LogP contribution in [0.2, 0.25) is 5.02 Å². The van der Waals surface area contributed by atoms with Gasteiger partial charge in [0.25, 0.3) is 0 Å². The van der Waals surface area contributed by atoms with Crippen molar-refractivity contribution in [3.05, 3.63) is 59.1 Å². The van der Waals surface area contributed by atoms with Crippen molar-refractivity contribution in [3.8, 4) is 0 Å². The third-order valence-corrected chi connectivity index (χ3v) is 4.16. The average molecular weight is 351 g/mol. The van der Waals surface area contributed by atoms with Gasteiger partial charge < -0.3 is 5.11 Å². The van der Waals surface area contributed by atoms with Gasteiger partial charge in [0, 0.05) is 22.1 Å². The minimum atomic E-state index is -0.986. The summed E-state index contributed by atoms with van der Waals surface area (Å²) in [6.45, 7) is 0. The van der Waals surface area contributed by atoms with Crippen LogP contribution in [0, 0.1) is 0 Å². The summed E-state index contributed by atoms with van der Waals surface area (Å²) >= 11 is 7.38. The van der Waals surface area contributed by atoms with Gasteiger partial charge in [0.2, 0.25) is 5.91 Å². The van der Waals surface area contributed by atoms with Gasteiger partial charge in [-0.25, -0.2) is 4.79 Å². The quantitative estimate of drug-likeness (QED) is 0.524. The van der Waals surface area contributed by atoms with Crippen LogP contribution in [0.1, 0.15) is 16.8 Å². The molecule has 0 fully saturated rings. The second-order valence-electron chi connectivity index (χ2n) is 4.61. The van der Waals surface area contributed by atoms with Crippen molar-refractivity contribution in [2.45, 2.75) is 11.3 Å². The van der Waals surface area contributed by atoms with E-state index in [1.54, 1.807) is 23.9 Å². The van der Waals surface area contributed by atoms with Crippen molar-refractivity contribution in [2.75, 3.05) is 11.2 Å². The maximum Gasteiger partial charge on any atom is 0.335 e. The zero-order valence-electron chi connectivity index (χ0n) is 12.1. The number of thioether (sulfide) groups is 1. The zero-order chi connectivity index (χ0) is 16.7. The summed E-state index contributed by atoms with van der Waals surface area (Å²) in [4.78, 5) is 23.5. The Balaban J connectivity index is 1.70. The molecule has 0 aliphatic carbocycles. The van der Waals surface area contributed by atoms with E-state index in [4.69, 9.17) is 16.7 Å². The first-order valence-corrected chi connectivity index (χ1v) is 8.17. The van der Waals surface area contributed by atoms with Crippen LogP contribution in [0.3, 0.4) is 0 Å². The number of carbonyl (C=O) groups excluding carboxylic acids is 1. The molecule has 2 rings (SSSR count). The van der Waals surface area contributed by atoms with Gasteiger partial charge in [-0.05, 0) is 48.5 Å². The SMILES string of the molecule is O=C(CCSc1ccc(Cl)cc1)NNc1ccc(C(=O)O)cc1. The van der Waals surface area contributed by atoms with E-state index in [-0.39, 0.29) is 11.5 Å². The Kier molecular flexibility index (Phi) is 6.31. The minimum Gasteiger partial charge on any atom is -0.478 e. The smallest absolute Gasteiger partial charge is 0.335 e. The van der Waals surface area contributed by atoms with E-state index in [0.29, 0.717) is 22.9 Å². The van der Waals surface area contributed by atoms with Crippen LogP contribution in [-0.2, 0) is 4.79 Å². The van der Waals surface area contributed by atoms with Gasteiger partial charge in [-0.2, -0.15) is 0 Å². The van der Waals surface area contributed by atoms with Crippen LogP contribution in [-0.4, -0.2) is 22.7 Å². The van der Waals surface area contributed by atoms with Crippen LogP contribution in [0.25, 0.3) is 0 Å². The average Bonchev–Trinajstić information content (AvgIpc) is 2.55. The number of benzene rings is 2. The maximum absolute atomic E-state index is 11.7. The Morgan fingerprint density at radius 3 is 2.30 bits per heavy atom. The van der Waals surface area contributed by atoms with Crippen LogP contribution < -0.4 is 10.9 Å². The van der Waals surface area contributed by atoms with E-state index in [1.165, 1.54) is 12.1 Å². The number of carboxylic acid groups (broad SMARTS) is 1. The summed E-state index contributed by atoms with van der Waals surface area (Å²) in [5.74, 6) is -0.485. The molecule has 23 heavy (non-hydrogen) atoms. The van der Waals surface area contributed by atoms with Gasteiger partial charge in [-0.1, -0.05) is 11.6 Å². The summed E-state index contributed by atoms with van der Waals surface area (Å²) in [6, 6.07) is 13.6. The number of aromatic carboxylic acids is 1. The lowest BCUT2D eigenvalue weighted by molar-refractivity contribution is -0.120. The Hall–Kier alpha value is -2.18. The lowest BCUT2D eigenvalue weighted by Crippen LogP contribution is -2.29. The van der Waals surface area contributed by atoms with Gasteiger partial charge in [0.15, 0.2) is 0 Å². The highest BCUT2D eigenvalue weighted by Crippen LogP contribution is 2.20. The monoisotopic (exact) mass is 350 g/mol. The van der Waals surface area contributed by atoms with Crippen molar-refractivity contribution in [2.24, 2.45) is 0 Å². The molecule has 7 heteroatoms. The van der Waals surface area contributed by atoms with E-state index >= 15 is 0 Å². The Morgan fingerprint density at radius 1 is 1.04 bits per heavy atom. The molecule has 0 aliphatic rings. The summed E-state index contributed by atoms with van der Waals surface area (Å²) in [6.07, 6.45) is 0.355. The first-order chi connectivity index (χ1) is 11.0. The van der Waals surface area contributed by atoms with Crippen LogP contribution in [0.5, 0.6) is 0 Å². The summed E-state index contributed by atoms with van der Waals surface area (Å²) in [7, 11) is 0. The number of hydrogen-bond acceptors (Lipinski definition) is 4. The van der Waals surface area contributed by atoms with Gasteiger partial charge in [0.05, 0.1) is 11.3 Å². The van der Waals surface area contributed by atoms with E-state index in [9.17, 15) is 9.59 Å². The standard InChI is InChI=1S/C16H15ClN2O3S/c17-12-3-7-14(8-4-12)23-10-9-15(20)19-18-13-5-1-11(2-6-13)16(21)22/h1-8,18H,9-10H2,(H,19,20)(H,21,22). The van der Waals surface area contributed by atoms with Gasteiger partial charge in [-0.15, -0.1) is 11.8 Å². The van der Waals surface area contributed by atoms with E-state index in [2.05, 4.69) is 10.9 Å². The van der Waals surface area contributed by atoms with Crippen LogP contribution in [0.15, 0.2) is 53.4 Å². The number of carboxylic acids is 1. The molecular weight excluding hydrogens is 336 g/mol. The molecule has 2 aromatic rings. The normalized spacial score (nSPS) is 10.1. The fourth-order valence-electron chi connectivity index (χ4n) is 1.69. The number of anilines is 1. The fourth-order valence-corrected chi connectivity index (χ4v) is 2.67. The highest BCUT2D eigenvalue weighted by molar-refractivity contribution is 7.99. The van der Waals surface area contributed by atoms with Gasteiger partial charge >= 0.3 is 5.97 Å². The molecular formula is C16H15ClN2O3S. The minimum absolute atomic E-state index is 0.145. The van der Waals surface area contributed by atoms with E-state index in [0.717, 1.165) is 4.90 Å². The predicted octanol–water partition coefficient (Wildman–Crippen LogP) is 3.66. The fraction of sp³-hybridized carbons (Fsp3) is 0.125. The molecule has 0 saturated heterocycles. The lowest BCUT2D eigenvalue weighted by Gasteiger charge is -2.08. The highest BCUT2D eigenvalue weighted by Gasteiger charge is 2.04. The molecule has 0 aromatic heterocycles. The number of halogens is 1.